The second-order valence-electron chi connectivity index (χ2n) is 15.8. The van der Waals surface area contributed by atoms with E-state index in [1.54, 1.807) is 11.3 Å². The first kappa shape index (κ1) is 30.3. The smallest absolute Gasteiger partial charge is 0.246 e. The molecule has 2 aliphatic carbocycles. The molecule has 0 radical (unpaired) electrons. The number of aliphatic hydroxyl groups is 1. The standard InChI is InChI=1S/C35H43N9O3S/c1-18(22-14-33(2,3)42(22)5)44-31-24-30(43-17-34(4,45)13-10-19(43)16-46-32(24)40-44)38-29(39-31)26-20-8-6-11-35(27(20)47-41-26)12-7-9-23-25(35)21(15-36)28(37)48-23/h18-19,22,45H,6-14,16-17,37H2,1-5H3. The molecule has 5 atom stereocenters. The summed E-state index contributed by atoms with van der Waals surface area (Å²) in [7, 11) is 2.18. The van der Waals surface area contributed by atoms with Gasteiger partial charge < -0.3 is 25.0 Å². The molecule has 13 heteroatoms. The maximum Gasteiger partial charge on any atom is 0.246 e. The predicted molar refractivity (Wildman–Crippen MR) is 182 cm³/mol. The summed E-state index contributed by atoms with van der Waals surface area (Å²) >= 11 is 1.54. The van der Waals surface area contributed by atoms with Gasteiger partial charge in [0.05, 0.1) is 28.7 Å². The van der Waals surface area contributed by atoms with Gasteiger partial charge in [0, 0.05) is 28.6 Å². The molecule has 0 amide bonds. The lowest BCUT2D eigenvalue weighted by molar-refractivity contribution is -0.0495. The number of anilines is 2. The van der Waals surface area contributed by atoms with E-state index >= 15 is 0 Å². The van der Waals surface area contributed by atoms with Crippen LogP contribution < -0.4 is 15.4 Å². The van der Waals surface area contributed by atoms with E-state index in [1.807, 2.05) is 11.6 Å². The van der Waals surface area contributed by atoms with Crippen molar-refractivity contribution in [2.24, 2.45) is 0 Å². The van der Waals surface area contributed by atoms with Crippen LogP contribution in [0.5, 0.6) is 5.88 Å². The van der Waals surface area contributed by atoms with E-state index in [2.05, 4.69) is 43.7 Å². The van der Waals surface area contributed by atoms with Crippen LogP contribution in [0.2, 0.25) is 0 Å². The third-order valence-corrected chi connectivity index (χ3v) is 13.4. The summed E-state index contributed by atoms with van der Waals surface area (Å²) in [6, 6.07) is 2.79. The summed E-state index contributed by atoms with van der Waals surface area (Å²) in [5.74, 6) is 2.60. The maximum atomic E-state index is 11.3. The summed E-state index contributed by atoms with van der Waals surface area (Å²) < 4.78 is 14.8. The summed E-state index contributed by atoms with van der Waals surface area (Å²) in [5.41, 5.74) is 9.24. The fourth-order valence-corrected chi connectivity index (χ4v) is 10.7. The minimum absolute atomic E-state index is 0.0294. The number of ether oxygens (including phenoxy) is 1. The zero-order valence-electron chi connectivity index (χ0n) is 28.3. The monoisotopic (exact) mass is 669 g/mol. The van der Waals surface area contributed by atoms with Crippen LogP contribution in [-0.2, 0) is 18.3 Å². The van der Waals surface area contributed by atoms with Crippen LogP contribution in [0.25, 0.3) is 22.6 Å². The molecular weight excluding hydrogens is 627 g/mol. The highest BCUT2D eigenvalue weighted by Crippen LogP contribution is 2.55. The molecule has 5 aliphatic rings. The minimum Gasteiger partial charge on any atom is -0.474 e. The molecule has 48 heavy (non-hydrogen) atoms. The number of piperidine rings is 1. The van der Waals surface area contributed by atoms with Crippen LogP contribution in [0.3, 0.4) is 0 Å². The number of fused-ring (bicyclic) bond motifs is 6. The highest BCUT2D eigenvalue weighted by molar-refractivity contribution is 7.16. The number of hydrogen-bond donors (Lipinski definition) is 2. The van der Waals surface area contributed by atoms with Gasteiger partial charge in [-0.25, -0.2) is 14.6 Å². The molecule has 4 aromatic heterocycles. The van der Waals surface area contributed by atoms with Gasteiger partial charge in [0.15, 0.2) is 22.9 Å². The molecule has 9 rings (SSSR count). The van der Waals surface area contributed by atoms with Gasteiger partial charge in [0.25, 0.3) is 0 Å². The van der Waals surface area contributed by atoms with Crippen molar-refractivity contribution >= 4 is 33.2 Å². The van der Waals surface area contributed by atoms with Crippen molar-refractivity contribution in [3.05, 3.63) is 27.3 Å². The van der Waals surface area contributed by atoms with Crippen LogP contribution in [-0.4, -0.2) is 78.3 Å². The van der Waals surface area contributed by atoms with Crippen molar-refractivity contribution in [1.29, 1.82) is 5.26 Å². The SMILES string of the molecule is CC(C1CC(C)(C)N1C)n1nc2c3c(nc(-c4noc5c4CCCC54CCCc5sc(N)c(C#N)c54)nc31)N1CC(C)(O)CCC1CO2. The number of nitrogen functional groups attached to an aromatic ring is 1. The lowest BCUT2D eigenvalue weighted by Crippen LogP contribution is -2.62. The molecule has 12 nitrogen and oxygen atoms in total. The number of rotatable bonds is 3. The number of nitriles is 1. The van der Waals surface area contributed by atoms with Gasteiger partial charge in [-0.3, -0.25) is 4.90 Å². The van der Waals surface area contributed by atoms with Crippen molar-refractivity contribution in [3.8, 4) is 23.5 Å². The van der Waals surface area contributed by atoms with Gasteiger partial charge in [-0.2, -0.15) is 5.26 Å². The molecule has 7 heterocycles. The predicted octanol–water partition coefficient (Wildman–Crippen LogP) is 5.11. The van der Waals surface area contributed by atoms with Crippen molar-refractivity contribution in [2.45, 2.75) is 120 Å². The summed E-state index contributed by atoms with van der Waals surface area (Å²) in [6.45, 7) is 9.54. The Morgan fingerprint density at radius 1 is 1.15 bits per heavy atom. The van der Waals surface area contributed by atoms with E-state index in [0.717, 1.165) is 79.5 Å². The van der Waals surface area contributed by atoms with E-state index in [9.17, 15) is 10.4 Å². The zero-order valence-corrected chi connectivity index (χ0v) is 29.2. The summed E-state index contributed by atoms with van der Waals surface area (Å²) in [6.07, 6.45) is 7.94. The molecule has 0 bridgehead atoms. The molecule has 3 N–H and O–H groups in total. The number of hydrogen-bond acceptors (Lipinski definition) is 12. The second-order valence-corrected chi connectivity index (χ2v) is 16.9. The molecule has 5 unspecified atom stereocenters. The lowest BCUT2D eigenvalue weighted by atomic mass is 9.63. The van der Waals surface area contributed by atoms with Crippen molar-refractivity contribution < 1.29 is 14.4 Å². The van der Waals surface area contributed by atoms with E-state index in [1.165, 1.54) is 4.88 Å². The number of aromatic nitrogens is 5. The molecule has 0 aromatic carbocycles. The average molecular weight is 670 g/mol. The minimum atomic E-state index is -0.860. The lowest BCUT2D eigenvalue weighted by Gasteiger charge is -2.55. The van der Waals surface area contributed by atoms with E-state index in [-0.39, 0.29) is 23.7 Å². The number of nitrogens with zero attached hydrogens (tertiary/aromatic N) is 8. The molecule has 2 saturated heterocycles. The Morgan fingerprint density at radius 3 is 2.69 bits per heavy atom. The van der Waals surface area contributed by atoms with E-state index in [0.29, 0.717) is 53.2 Å². The first-order valence-electron chi connectivity index (χ1n) is 17.4. The number of thiophene rings is 1. The van der Waals surface area contributed by atoms with Gasteiger partial charge in [-0.05, 0) is 98.1 Å². The Kier molecular flexibility index (Phi) is 6.42. The second kappa shape index (κ2) is 10.2. The molecule has 1 spiro atoms. The van der Waals surface area contributed by atoms with Gasteiger partial charge >= 0.3 is 0 Å². The molecule has 0 saturated carbocycles. The van der Waals surface area contributed by atoms with E-state index in [4.69, 9.17) is 35.2 Å². The highest BCUT2D eigenvalue weighted by Gasteiger charge is 2.50. The number of nitrogens with two attached hydrogens (primary N) is 1. The molecular formula is C35H43N9O3S. The molecule has 2 fully saturated rings. The fraction of sp³-hybridized carbons (Fsp3) is 0.629. The van der Waals surface area contributed by atoms with Crippen LogP contribution in [0.1, 0.15) is 106 Å². The maximum absolute atomic E-state index is 11.3. The third-order valence-electron chi connectivity index (χ3n) is 12.3. The molecule has 3 aliphatic heterocycles. The van der Waals surface area contributed by atoms with Gasteiger partial charge in [-0.1, -0.05) is 5.16 Å². The fourth-order valence-electron chi connectivity index (χ4n) is 9.50. The summed E-state index contributed by atoms with van der Waals surface area (Å²) in [4.78, 5) is 16.3. The van der Waals surface area contributed by atoms with Crippen LogP contribution in [0.4, 0.5) is 10.8 Å². The van der Waals surface area contributed by atoms with Gasteiger partial charge in [0.1, 0.15) is 28.9 Å². The van der Waals surface area contributed by atoms with E-state index < -0.39 is 11.0 Å². The van der Waals surface area contributed by atoms with Crippen molar-refractivity contribution in [3.63, 3.8) is 0 Å². The van der Waals surface area contributed by atoms with Crippen molar-refractivity contribution in [1.82, 2.24) is 29.8 Å². The van der Waals surface area contributed by atoms with Crippen LogP contribution in [0, 0.1) is 11.3 Å². The normalized spacial score (nSPS) is 29.7. The first-order chi connectivity index (χ1) is 22.9. The van der Waals surface area contributed by atoms with Crippen LogP contribution in [0.15, 0.2) is 4.52 Å². The Bertz CT molecular complexity index is 2020. The third kappa shape index (κ3) is 4.12. The summed E-state index contributed by atoms with van der Waals surface area (Å²) in [5, 5.41) is 32.6. The molecule has 4 aromatic rings. The van der Waals surface area contributed by atoms with Gasteiger partial charge in [-0.15, -0.1) is 16.4 Å². The average Bonchev–Trinajstić information content (AvgIpc) is 3.73. The van der Waals surface area contributed by atoms with Crippen molar-refractivity contribution in [2.75, 3.05) is 30.8 Å². The first-order valence-corrected chi connectivity index (χ1v) is 18.2. The number of aryl methyl sites for hydroxylation is 1. The Morgan fingerprint density at radius 2 is 1.94 bits per heavy atom. The Labute approximate surface area is 283 Å². The van der Waals surface area contributed by atoms with Gasteiger partial charge in [0.2, 0.25) is 5.88 Å². The van der Waals surface area contributed by atoms with Crippen LogP contribution >= 0.6 is 11.3 Å². The Hall–Kier alpha value is -3.73. The quantitative estimate of drug-likeness (QED) is 0.299. The number of likely N-dealkylation sites (tertiary alicyclic amines) is 1. The largest absolute Gasteiger partial charge is 0.474 e. The Balaban J connectivity index is 1.23. The number of likely N-dealkylation sites (N-methyl/N-ethyl adjacent to an activating group) is 1. The topological polar surface area (TPSA) is 155 Å². The highest BCUT2D eigenvalue weighted by atomic mass is 32.1. The zero-order chi connectivity index (χ0) is 33.3. The molecule has 252 valence electrons.